The van der Waals surface area contributed by atoms with Gasteiger partial charge < -0.3 is 9.52 Å². The van der Waals surface area contributed by atoms with E-state index in [1.165, 1.54) is 19.3 Å². The Morgan fingerprint density at radius 2 is 2.19 bits per heavy atom. The summed E-state index contributed by atoms with van der Waals surface area (Å²) in [7, 11) is 0. The average molecular weight is 220 g/mol. The van der Waals surface area contributed by atoms with Gasteiger partial charge in [-0.3, -0.25) is 0 Å². The minimum absolute atomic E-state index is 0.284. The maximum atomic E-state index is 13.5. The molecule has 16 heavy (non-hydrogen) atoms. The summed E-state index contributed by atoms with van der Waals surface area (Å²) in [6.45, 7) is 1.52. The van der Waals surface area contributed by atoms with Crippen molar-refractivity contribution in [3.05, 3.63) is 47.5 Å². The molecule has 0 saturated carbocycles. The second-order valence-corrected chi connectivity index (χ2v) is 3.44. The third-order valence-corrected chi connectivity index (χ3v) is 2.29. The number of rotatable bonds is 2. The molecule has 0 saturated heterocycles. The zero-order valence-corrected chi connectivity index (χ0v) is 8.53. The number of benzene rings is 1. The van der Waals surface area contributed by atoms with Gasteiger partial charge in [-0.05, 0) is 36.8 Å². The highest BCUT2D eigenvalue weighted by atomic mass is 19.1. The highest BCUT2D eigenvalue weighted by Gasteiger charge is 2.15. The van der Waals surface area contributed by atoms with Gasteiger partial charge in [-0.2, -0.15) is 0 Å². The van der Waals surface area contributed by atoms with Crippen molar-refractivity contribution in [2.45, 2.75) is 6.92 Å². The smallest absolute Gasteiger partial charge is 0.338 e. The minimum atomic E-state index is -1.28. The molecule has 1 aromatic heterocycles. The lowest BCUT2D eigenvalue weighted by molar-refractivity contribution is 0.0691. The Balaban J connectivity index is 2.62. The third-order valence-electron chi connectivity index (χ3n) is 2.29. The predicted molar refractivity (Wildman–Crippen MR) is 55.8 cm³/mol. The van der Waals surface area contributed by atoms with Crippen LogP contribution in [0.15, 0.2) is 34.9 Å². The van der Waals surface area contributed by atoms with Crippen LogP contribution in [0.5, 0.6) is 0 Å². The molecule has 1 N–H and O–H groups in total. The van der Waals surface area contributed by atoms with Gasteiger partial charge in [0.2, 0.25) is 0 Å². The minimum Gasteiger partial charge on any atom is -0.478 e. The van der Waals surface area contributed by atoms with E-state index in [-0.39, 0.29) is 11.1 Å². The number of aromatic carboxylic acids is 1. The van der Waals surface area contributed by atoms with Crippen molar-refractivity contribution in [1.82, 2.24) is 0 Å². The summed E-state index contributed by atoms with van der Waals surface area (Å²) >= 11 is 0. The zero-order chi connectivity index (χ0) is 11.7. The Morgan fingerprint density at radius 3 is 2.75 bits per heavy atom. The van der Waals surface area contributed by atoms with Gasteiger partial charge in [0, 0.05) is 5.56 Å². The maximum Gasteiger partial charge on any atom is 0.338 e. The molecule has 0 radical (unpaired) electrons. The Labute approximate surface area is 91.1 Å². The van der Waals surface area contributed by atoms with Crippen LogP contribution in [-0.2, 0) is 0 Å². The zero-order valence-electron chi connectivity index (χ0n) is 8.53. The molecule has 0 aliphatic carbocycles. The maximum absolute atomic E-state index is 13.5. The van der Waals surface area contributed by atoms with Gasteiger partial charge in [0.25, 0.3) is 0 Å². The van der Waals surface area contributed by atoms with E-state index in [4.69, 9.17) is 9.52 Å². The van der Waals surface area contributed by atoms with Crippen molar-refractivity contribution in [2.24, 2.45) is 0 Å². The van der Waals surface area contributed by atoms with Crippen LogP contribution in [0, 0.1) is 12.7 Å². The van der Waals surface area contributed by atoms with Gasteiger partial charge in [0.05, 0.1) is 11.8 Å². The van der Waals surface area contributed by atoms with E-state index >= 15 is 0 Å². The first-order valence-corrected chi connectivity index (χ1v) is 4.67. The van der Waals surface area contributed by atoms with Crippen LogP contribution < -0.4 is 0 Å². The fourth-order valence-electron chi connectivity index (χ4n) is 1.51. The molecule has 0 unspecified atom stereocenters. The molecule has 2 rings (SSSR count). The summed E-state index contributed by atoms with van der Waals surface area (Å²) in [5.41, 5.74) is 0.499. The van der Waals surface area contributed by atoms with Crippen LogP contribution in [0.2, 0.25) is 0 Å². The molecule has 4 heteroatoms. The molecule has 0 bridgehead atoms. The second-order valence-electron chi connectivity index (χ2n) is 3.44. The number of furan rings is 1. The molecule has 0 spiro atoms. The van der Waals surface area contributed by atoms with Crippen molar-refractivity contribution in [2.75, 3.05) is 0 Å². The van der Waals surface area contributed by atoms with E-state index < -0.39 is 11.8 Å². The monoisotopic (exact) mass is 220 g/mol. The van der Waals surface area contributed by atoms with Gasteiger partial charge in [-0.1, -0.05) is 0 Å². The van der Waals surface area contributed by atoms with Crippen LogP contribution in [0.4, 0.5) is 4.39 Å². The molecular weight excluding hydrogens is 211 g/mol. The van der Waals surface area contributed by atoms with Crippen LogP contribution in [0.1, 0.15) is 15.9 Å². The predicted octanol–water partition coefficient (Wildman–Crippen LogP) is 3.09. The normalized spacial score (nSPS) is 10.4. The quantitative estimate of drug-likeness (QED) is 0.845. The van der Waals surface area contributed by atoms with E-state index in [0.29, 0.717) is 11.3 Å². The molecule has 1 aromatic carbocycles. The van der Waals surface area contributed by atoms with Crippen molar-refractivity contribution in [3.63, 3.8) is 0 Å². The summed E-state index contributed by atoms with van der Waals surface area (Å²) in [6.07, 6.45) is 1.48. The molecular formula is C12H9FO3. The summed E-state index contributed by atoms with van der Waals surface area (Å²) in [4.78, 5) is 10.8. The van der Waals surface area contributed by atoms with Crippen LogP contribution in [0.25, 0.3) is 11.3 Å². The first kappa shape index (κ1) is 10.4. The number of halogens is 1. The Kier molecular flexibility index (Phi) is 2.48. The Morgan fingerprint density at radius 1 is 1.44 bits per heavy atom. The van der Waals surface area contributed by atoms with E-state index in [2.05, 4.69) is 0 Å². The van der Waals surface area contributed by atoms with Crippen molar-refractivity contribution in [1.29, 1.82) is 0 Å². The largest absolute Gasteiger partial charge is 0.478 e. The fourth-order valence-corrected chi connectivity index (χ4v) is 1.51. The van der Waals surface area contributed by atoms with E-state index in [1.807, 2.05) is 0 Å². The summed E-state index contributed by atoms with van der Waals surface area (Å²) in [6, 6.07) is 6.21. The van der Waals surface area contributed by atoms with Gasteiger partial charge in [-0.15, -0.1) is 0 Å². The van der Waals surface area contributed by atoms with E-state index in [1.54, 1.807) is 18.2 Å². The van der Waals surface area contributed by atoms with Crippen LogP contribution in [-0.4, -0.2) is 11.1 Å². The number of aryl methyl sites for hydroxylation is 1. The molecule has 0 aliphatic rings. The lowest BCUT2D eigenvalue weighted by Gasteiger charge is -2.04. The molecule has 0 aliphatic heterocycles. The number of hydrogen-bond acceptors (Lipinski definition) is 2. The van der Waals surface area contributed by atoms with E-state index in [0.717, 1.165) is 0 Å². The Bertz CT molecular complexity index is 529. The SMILES string of the molecule is Cc1cc(-c2ccco2)cc(C(=O)O)c1F. The lowest BCUT2D eigenvalue weighted by atomic mass is 10.0. The number of carboxylic acid groups (broad SMARTS) is 1. The molecule has 3 nitrogen and oxygen atoms in total. The first-order chi connectivity index (χ1) is 7.59. The Hall–Kier alpha value is -2.10. The van der Waals surface area contributed by atoms with Gasteiger partial charge in [0.1, 0.15) is 11.6 Å². The van der Waals surface area contributed by atoms with Crippen LogP contribution >= 0.6 is 0 Å². The topological polar surface area (TPSA) is 50.4 Å². The molecule has 82 valence electrons. The lowest BCUT2D eigenvalue weighted by Crippen LogP contribution is -2.02. The fraction of sp³-hybridized carbons (Fsp3) is 0.0833. The summed E-state index contributed by atoms with van der Waals surface area (Å²) < 4.78 is 18.6. The molecule has 0 amide bonds. The first-order valence-electron chi connectivity index (χ1n) is 4.67. The van der Waals surface area contributed by atoms with Gasteiger partial charge >= 0.3 is 5.97 Å². The van der Waals surface area contributed by atoms with Gasteiger partial charge in [-0.25, -0.2) is 9.18 Å². The number of carbonyl (C=O) groups is 1. The average Bonchev–Trinajstić information content (AvgIpc) is 2.74. The van der Waals surface area contributed by atoms with Crippen molar-refractivity contribution < 1.29 is 18.7 Å². The second kappa shape index (κ2) is 3.81. The standard InChI is InChI=1S/C12H9FO3/c1-7-5-8(10-3-2-4-16-10)6-9(11(7)13)12(14)15/h2-6H,1H3,(H,14,15). The number of carboxylic acids is 1. The van der Waals surface area contributed by atoms with Crippen LogP contribution in [0.3, 0.4) is 0 Å². The highest BCUT2D eigenvalue weighted by molar-refractivity contribution is 5.89. The van der Waals surface area contributed by atoms with Crippen molar-refractivity contribution in [3.8, 4) is 11.3 Å². The molecule has 1 heterocycles. The summed E-state index contributed by atoms with van der Waals surface area (Å²) in [5.74, 6) is -1.47. The number of hydrogen-bond donors (Lipinski definition) is 1. The highest BCUT2D eigenvalue weighted by Crippen LogP contribution is 2.25. The molecule has 0 atom stereocenters. The van der Waals surface area contributed by atoms with E-state index in [9.17, 15) is 9.18 Å². The molecule has 2 aromatic rings. The third kappa shape index (κ3) is 1.69. The van der Waals surface area contributed by atoms with Gasteiger partial charge in [0.15, 0.2) is 0 Å². The molecule has 0 fully saturated rings. The summed E-state index contributed by atoms with van der Waals surface area (Å²) in [5, 5.41) is 8.84. The van der Waals surface area contributed by atoms with Crippen molar-refractivity contribution >= 4 is 5.97 Å².